The van der Waals surface area contributed by atoms with Crippen LogP contribution in [0.4, 0.5) is 5.69 Å². The third-order valence-electron chi connectivity index (χ3n) is 4.53. The molecular weight excluding hydrogens is 432 g/mol. The van der Waals surface area contributed by atoms with Gasteiger partial charge in [0.1, 0.15) is 4.88 Å². The molecule has 0 aliphatic heterocycles. The molecule has 0 unspecified atom stereocenters. The summed E-state index contributed by atoms with van der Waals surface area (Å²) in [5, 5.41) is 8.30. The summed E-state index contributed by atoms with van der Waals surface area (Å²) in [4.78, 5) is 29.3. The number of benzene rings is 2. The van der Waals surface area contributed by atoms with Gasteiger partial charge >= 0.3 is 0 Å². The number of aromatic nitrogens is 1. The summed E-state index contributed by atoms with van der Waals surface area (Å²) < 4.78 is 0.940. The molecule has 2 aromatic heterocycles. The topological polar surface area (TPSA) is 83.5 Å². The van der Waals surface area contributed by atoms with Crippen LogP contribution < -0.4 is 10.7 Å². The Labute approximate surface area is 187 Å². The fourth-order valence-corrected chi connectivity index (χ4v) is 4.34. The Kier molecular flexibility index (Phi) is 6.06. The van der Waals surface area contributed by atoms with Crippen LogP contribution in [-0.4, -0.2) is 22.5 Å². The van der Waals surface area contributed by atoms with Gasteiger partial charge in [0.25, 0.3) is 11.8 Å². The number of nitrogens with one attached hydrogen (secondary N) is 2. The SMILES string of the molecule is CC(=NNC(=O)c1sc2ccccc2c1Cl)c1cccc(NC(=O)c2cccnc2)c1. The van der Waals surface area contributed by atoms with Gasteiger partial charge in [0.2, 0.25) is 0 Å². The normalized spacial score (nSPS) is 11.4. The zero-order valence-corrected chi connectivity index (χ0v) is 18.0. The second-order valence-electron chi connectivity index (χ2n) is 6.66. The number of hydrogen-bond acceptors (Lipinski definition) is 5. The zero-order chi connectivity index (χ0) is 21.8. The predicted molar refractivity (Wildman–Crippen MR) is 125 cm³/mol. The van der Waals surface area contributed by atoms with Gasteiger partial charge < -0.3 is 5.32 Å². The highest BCUT2D eigenvalue weighted by atomic mass is 35.5. The van der Waals surface area contributed by atoms with E-state index in [1.165, 1.54) is 17.5 Å². The summed E-state index contributed by atoms with van der Waals surface area (Å²) in [5.41, 5.74) is 4.98. The molecule has 31 heavy (non-hydrogen) atoms. The number of hydrazone groups is 1. The van der Waals surface area contributed by atoms with E-state index < -0.39 is 0 Å². The molecule has 0 atom stereocenters. The van der Waals surface area contributed by atoms with Crippen molar-refractivity contribution < 1.29 is 9.59 Å². The molecule has 2 aromatic carbocycles. The maximum Gasteiger partial charge on any atom is 0.283 e. The van der Waals surface area contributed by atoms with Gasteiger partial charge in [-0.15, -0.1) is 11.3 Å². The molecule has 0 aliphatic carbocycles. The number of amides is 2. The van der Waals surface area contributed by atoms with Crippen LogP contribution in [0.5, 0.6) is 0 Å². The molecule has 2 N–H and O–H groups in total. The second kappa shape index (κ2) is 9.07. The highest BCUT2D eigenvalue weighted by molar-refractivity contribution is 7.21. The average molecular weight is 449 g/mol. The Morgan fingerprint density at radius 3 is 2.58 bits per heavy atom. The van der Waals surface area contributed by atoms with Crippen molar-refractivity contribution >= 4 is 56.2 Å². The van der Waals surface area contributed by atoms with Crippen LogP contribution in [0.2, 0.25) is 5.02 Å². The van der Waals surface area contributed by atoms with E-state index in [9.17, 15) is 9.59 Å². The number of anilines is 1. The summed E-state index contributed by atoms with van der Waals surface area (Å²) in [5.74, 6) is -0.626. The minimum atomic E-state index is -0.369. The Morgan fingerprint density at radius 1 is 1.00 bits per heavy atom. The van der Waals surface area contributed by atoms with Gasteiger partial charge in [-0.05, 0) is 42.8 Å². The maximum absolute atomic E-state index is 12.6. The number of fused-ring (bicyclic) bond motifs is 1. The van der Waals surface area contributed by atoms with Crippen LogP contribution in [0.15, 0.2) is 78.2 Å². The van der Waals surface area contributed by atoms with E-state index in [-0.39, 0.29) is 11.8 Å². The highest BCUT2D eigenvalue weighted by Crippen LogP contribution is 2.34. The molecule has 0 radical (unpaired) electrons. The van der Waals surface area contributed by atoms with E-state index in [1.54, 1.807) is 43.5 Å². The third-order valence-corrected chi connectivity index (χ3v) is 6.20. The standard InChI is InChI=1S/C23H17ClN4O2S/c1-14(27-28-23(30)21-20(24)18-9-2-3-10-19(18)31-21)15-6-4-8-17(12-15)26-22(29)16-7-5-11-25-13-16/h2-13H,1H3,(H,26,29)(H,28,30). The van der Waals surface area contributed by atoms with Gasteiger partial charge in [0, 0.05) is 28.2 Å². The lowest BCUT2D eigenvalue weighted by Crippen LogP contribution is -2.18. The Bertz CT molecular complexity index is 1300. The average Bonchev–Trinajstić information content (AvgIpc) is 3.14. The molecule has 0 fully saturated rings. The fraction of sp³-hybridized carbons (Fsp3) is 0.0435. The molecule has 2 amide bonds. The van der Waals surface area contributed by atoms with Gasteiger partial charge in [0.15, 0.2) is 0 Å². The first-order valence-electron chi connectivity index (χ1n) is 9.36. The van der Waals surface area contributed by atoms with Crippen LogP contribution in [0.25, 0.3) is 10.1 Å². The molecule has 4 aromatic rings. The first-order chi connectivity index (χ1) is 15.0. The molecule has 0 bridgehead atoms. The quantitative estimate of drug-likeness (QED) is 0.318. The van der Waals surface area contributed by atoms with Crippen molar-refractivity contribution in [2.24, 2.45) is 5.10 Å². The van der Waals surface area contributed by atoms with Crippen molar-refractivity contribution in [3.8, 4) is 0 Å². The molecular formula is C23H17ClN4O2S. The largest absolute Gasteiger partial charge is 0.322 e. The van der Waals surface area contributed by atoms with Gasteiger partial charge in [-0.2, -0.15) is 5.10 Å². The Balaban J connectivity index is 1.48. The number of carbonyl (C=O) groups excluding carboxylic acids is 2. The number of halogens is 1. The van der Waals surface area contributed by atoms with Crippen molar-refractivity contribution in [1.82, 2.24) is 10.4 Å². The summed E-state index contributed by atoms with van der Waals surface area (Å²) in [7, 11) is 0. The maximum atomic E-state index is 12.6. The van der Waals surface area contributed by atoms with Gasteiger partial charge in [0.05, 0.1) is 16.3 Å². The third kappa shape index (κ3) is 4.63. The first-order valence-corrected chi connectivity index (χ1v) is 10.6. The number of carbonyl (C=O) groups is 2. The summed E-state index contributed by atoms with van der Waals surface area (Å²) in [6.07, 6.45) is 3.11. The smallest absolute Gasteiger partial charge is 0.283 e. The lowest BCUT2D eigenvalue weighted by molar-refractivity contribution is 0.0958. The summed E-state index contributed by atoms with van der Waals surface area (Å²) in [6, 6.07) is 18.2. The van der Waals surface area contributed by atoms with E-state index >= 15 is 0 Å². The number of rotatable bonds is 5. The van der Waals surface area contributed by atoms with Gasteiger partial charge in [-0.3, -0.25) is 14.6 Å². The molecule has 0 spiro atoms. The number of thiophene rings is 1. The van der Waals surface area contributed by atoms with Crippen molar-refractivity contribution in [3.05, 3.63) is 94.1 Å². The summed E-state index contributed by atoms with van der Waals surface area (Å²) in [6.45, 7) is 1.77. The molecule has 6 nitrogen and oxygen atoms in total. The minimum Gasteiger partial charge on any atom is -0.322 e. The van der Waals surface area contributed by atoms with Gasteiger partial charge in [-0.25, -0.2) is 5.43 Å². The van der Waals surface area contributed by atoms with Crippen LogP contribution >= 0.6 is 22.9 Å². The van der Waals surface area contributed by atoms with E-state index in [0.29, 0.717) is 26.9 Å². The van der Waals surface area contributed by atoms with Crippen molar-refractivity contribution in [1.29, 1.82) is 0 Å². The molecule has 8 heteroatoms. The predicted octanol–water partition coefficient (Wildman–Crippen LogP) is 5.36. The van der Waals surface area contributed by atoms with Crippen molar-refractivity contribution in [2.45, 2.75) is 6.92 Å². The van der Waals surface area contributed by atoms with E-state index in [4.69, 9.17) is 11.6 Å². The van der Waals surface area contributed by atoms with Crippen molar-refractivity contribution in [2.75, 3.05) is 5.32 Å². The van der Waals surface area contributed by atoms with Crippen LogP contribution in [-0.2, 0) is 0 Å². The first kappa shape index (κ1) is 20.7. The molecule has 0 aliphatic rings. The Morgan fingerprint density at radius 2 is 1.81 bits per heavy atom. The fourth-order valence-electron chi connectivity index (χ4n) is 2.93. The lowest BCUT2D eigenvalue weighted by atomic mass is 10.1. The molecule has 0 saturated carbocycles. The zero-order valence-electron chi connectivity index (χ0n) is 16.4. The van der Waals surface area contributed by atoms with Crippen molar-refractivity contribution in [3.63, 3.8) is 0 Å². The van der Waals surface area contributed by atoms with E-state index in [1.807, 2.05) is 30.3 Å². The molecule has 154 valence electrons. The van der Waals surface area contributed by atoms with E-state index in [2.05, 4.69) is 20.8 Å². The minimum absolute atomic E-state index is 0.257. The molecule has 2 heterocycles. The molecule has 4 rings (SSSR count). The molecule has 0 saturated heterocycles. The van der Waals surface area contributed by atoms with Gasteiger partial charge in [-0.1, -0.05) is 41.9 Å². The second-order valence-corrected chi connectivity index (χ2v) is 8.09. The van der Waals surface area contributed by atoms with Crippen LogP contribution in [0, 0.1) is 0 Å². The number of nitrogens with zero attached hydrogens (tertiary/aromatic N) is 2. The monoisotopic (exact) mass is 448 g/mol. The Hall–Kier alpha value is -3.55. The highest BCUT2D eigenvalue weighted by Gasteiger charge is 2.16. The number of hydrogen-bond donors (Lipinski definition) is 2. The van der Waals surface area contributed by atoms with Crippen LogP contribution in [0.1, 0.15) is 32.5 Å². The lowest BCUT2D eigenvalue weighted by Gasteiger charge is -2.08. The van der Waals surface area contributed by atoms with E-state index in [0.717, 1.165) is 15.6 Å². The summed E-state index contributed by atoms with van der Waals surface area (Å²) >= 11 is 7.68. The van der Waals surface area contributed by atoms with Crippen LogP contribution in [0.3, 0.4) is 0 Å². The number of pyridine rings is 1.